The molecule has 0 aromatic carbocycles. The van der Waals surface area contributed by atoms with Crippen LogP contribution in [0.3, 0.4) is 0 Å². The maximum absolute atomic E-state index is 5.79. The van der Waals surface area contributed by atoms with Gasteiger partial charge in [-0.3, -0.25) is 0 Å². The van der Waals surface area contributed by atoms with Crippen molar-refractivity contribution in [1.82, 2.24) is 5.32 Å². The van der Waals surface area contributed by atoms with E-state index < -0.39 is 0 Å². The Morgan fingerprint density at radius 2 is 2.35 bits per heavy atom. The van der Waals surface area contributed by atoms with Gasteiger partial charge < -0.3 is 14.5 Å². The molecule has 0 spiro atoms. The van der Waals surface area contributed by atoms with E-state index in [1.807, 2.05) is 6.07 Å². The van der Waals surface area contributed by atoms with Crippen molar-refractivity contribution in [3.8, 4) is 0 Å². The molecule has 17 heavy (non-hydrogen) atoms. The lowest BCUT2D eigenvalue weighted by Gasteiger charge is -2.27. The molecule has 3 nitrogen and oxygen atoms in total. The van der Waals surface area contributed by atoms with Crippen LogP contribution in [-0.2, 0) is 11.2 Å². The summed E-state index contributed by atoms with van der Waals surface area (Å²) in [4.78, 5) is 0. The second kappa shape index (κ2) is 6.22. The van der Waals surface area contributed by atoms with Gasteiger partial charge in [-0.15, -0.1) is 0 Å². The van der Waals surface area contributed by atoms with Gasteiger partial charge in [0, 0.05) is 25.0 Å². The lowest BCUT2D eigenvalue weighted by Crippen LogP contribution is -2.41. The molecule has 1 saturated heterocycles. The van der Waals surface area contributed by atoms with Gasteiger partial charge in [-0.05, 0) is 31.5 Å². The van der Waals surface area contributed by atoms with Crippen molar-refractivity contribution in [2.24, 2.45) is 5.92 Å². The fraction of sp³-hybridized carbons (Fsp3) is 0.714. The first kappa shape index (κ1) is 12.7. The van der Waals surface area contributed by atoms with E-state index in [4.69, 9.17) is 9.15 Å². The fourth-order valence-electron chi connectivity index (χ4n) is 2.83. The van der Waals surface area contributed by atoms with Gasteiger partial charge in [-0.2, -0.15) is 0 Å². The first-order chi connectivity index (χ1) is 8.35. The summed E-state index contributed by atoms with van der Waals surface area (Å²) < 4.78 is 11.2. The molecule has 0 saturated carbocycles. The topological polar surface area (TPSA) is 34.4 Å². The van der Waals surface area contributed by atoms with Crippen LogP contribution in [0.25, 0.3) is 0 Å². The zero-order valence-corrected chi connectivity index (χ0v) is 10.8. The molecule has 1 N–H and O–H groups in total. The highest BCUT2D eigenvalue weighted by molar-refractivity contribution is 5.02. The molecule has 1 fully saturated rings. The van der Waals surface area contributed by atoms with Gasteiger partial charge in [0.25, 0.3) is 0 Å². The van der Waals surface area contributed by atoms with Crippen molar-refractivity contribution in [3.05, 3.63) is 24.2 Å². The lowest BCUT2D eigenvalue weighted by molar-refractivity contribution is 0.0771. The summed E-state index contributed by atoms with van der Waals surface area (Å²) in [6.07, 6.45) is 5.39. The van der Waals surface area contributed by atoms with E-state index in [1.54, 1.807) is 6.26 Å². The van der Waals surface area contributed by atoms with E-state index in [9.17, 15) is 0 Å². The number of hydrogen-bond donors (Lipinski definition) is 1. The van der Waals surface area contributed by atoms with Gasteiger partial charge in [0.2, 0.25) is 0 Å². The summed E-state index contributed by atoms with van der Waals surface area (Å²) in [7, 11) is 0. The maximum atomic E-state index is 5.79. The second-order valence-electron chi connectivity index (χ2n) is 4.72. The van der Waals surface area contributed by atoms with Crippen molar-refractivity contribution < 1.29 is 9.15 Å². The molecule has 0 bridgehead atoms. The Bertz CT molecular complexity index is 310. The highest BCUT2D eigenvalue weighted by Crippen LogP contribution is 2.28. The largest absolute Gasteiger partial charge is 0.469 e. The number of rotatable bonds is 6. The van der Waals surface area contributed by atoms with Crippen LogP contribution in [0.2, 0.25) is 0 Å². The fourth-order valence-corrected chi connectivity index (χ4v) is 2.83. The summed E-state index contributed by atoms with van der Waals surface area (Å²) >= 11 is 0. The van der Waals surface area contributed by atoms with Crippen LogP contribution in [0.15, 0.2) is 22.8 Å². The Morgan fingerprint density at radius 1 is 1.47 bits per heavy atom. The summed E-state index contributed by atoms with van der Waals surface area (Å²) in [5.74, 6) is 1.68. The van der Waals surface area contributed by atoms with E-state index in [2.05, 4.69) is 25.2 Å². The minimum Gasteiger partial charge on any atom is -0.469 e. The first-order valence-electron chi connectivity index (χ1n) is 6.72. The molecule has 1 aliphatic heterocycles. The van der Waals surface area contributed by atoms with E-state index in [-0.39, 0.29) is 0 Å². The predicted octanol–water partition coefficient (Wildman–Crippen LogP) is 2.62. The quantitative estimate of drug-likeness (QED) is 0.826. The third-order valence-electron chi connectivity index (χ3n) is 3.65. The Hall–Kier alpha value is -0.800. The van der Waals surface area contributed by atoms with Crippen molar-refractivity contribution >= 4 is 0 Å². The second-order valence-corrected chi connectivity index (χ2v) is 4.72. The molecule has 1 aromatic heterocycles. The van der Waals surface area contributed by atoms with Crippen molar-refractivity contribution in [1.29, 1.82) is 0 Å². The SMILES string of the molecule is CCNC(Cc1ccco1)C1CCOC1CC. The number of ether oxygens (including phenoxy) is 1. The predicted molar refractivity (Wildman–Crippen MR) is 68.0 cm³/mol. The molecule has 2 rings (SSSR count). The number of nitrogens with one attached hydrogen (secondary N) is 1. The van der Waals surface area contributed by atoms with Gasteiger partial charge >= 0.3 is 0 Å². The summed E-state index contributed by atoms with van der Waals surface area (Å²) in [5, 5.41) is 3.59. The van der Waals surface area contributed by atoms with Crippen LogP contribution in [0.1, 0.15) is 32.4 Å². The molecular formula is C14H23NO2. The third-order valence-corrected chi connectivity index (χ3v) is 3.65. The first-order valence-corrected chi connectivity index (χ1v) is 6.72. The molecule has 3 unspecified atom stereocenters. The summed E-state index contributed by atoms with van der Waals surface area (Å²) in [5.41, 5.74) is 0. The molecular weight excluding hydrogens is 214 g/mol. The molecule has 1 aliphatic rings. The Morgan fingerprint density at radius 3 is 3.00 bits per heavy atom. The molecule has 3 heteroatoms. The third kappa shape index (κ3) is 3.11. The van der Waals surface area contributed by atoms with Crippen LogP contribution in [0.4, 0.5) is 0 Å². The van der Waals surface area contributed by atoms with Crippen LogP contribution in [0.5, 0.6) is 0 Å². The van der Waals surface area contributed by atoms with Gasteiger partial charge in [0.05, 0.1) is 12.4 Å². The minimum atomic E-state index is 0.411. The molecule has 0 aliphatic carbocycles. The normalized spacial score (nSPS) is 26.2. The minimum absolute atomic E-state index is 0.411. The lowest BCUT2D eigenvalue weighted by atomic mass is 9.88. The van der Waals surface area contributed by atoms with E-state index in [1.165, 1.54) is 0 Å². The maximum Gasteiger partial charge on any atom is 0.105 e. The number of hydrogen-bond acceptors (Lipinski definition) is 3. The van der Waals surface area contributed by atoms with Crippen molar-refractivity contribution in [2.75, 3.05) is 13.2 Å². The molecule has 96 valence electrons. The van der Waals surface area contributed by atoms with Gasteiger partial charge in [-0.25, -0.2) is 0 Å². The smallest absolute Gasteiger partial charge is 0.105 e. The van der Waals surface area contributed by atoms with Crippen LogP contribution in [-0.4, -0.2) is 25.3 Å². The molecule has 1 aromatic rings. The highest BCUT2D eigenvalue weighted by Gasteiger charge is 2.33. The zero-order chi connectivity index (χ0) is 12.1. The highest BCUT2D eigenvalue weighted by atomic mass is 16.5. The van der Waals surface area contributed by atoms with Gasteiger partial charge in [0.1, 0.15) is 5.76 Å². The van der Waals surface area contributed by atoms with Crippen molar-refractivity contribution in [2.45, 2.75) is 45.3 Å². The standard InChI is InChI=1S/C14H23NO2/c1-3-14-12(7-9-17-14)13(15-4-2)10-11-6-5-8-16-11/h5-6,8,12-15H,3-4,7,9-10H2,1-2H3. The molecule has 2 heterocycles. The monoisotopic (exact) mass is 237 g/mol. The Labute approximate surface area is 104 Å². The Kier molecular flexibility index (Phi) is 4.63. The van der Waals surface area contributed by atoms with E-state index in [0.717, 1.165) is 38.2 Å². The van der Waals surface area contributed by atoms with Gasteiger partial charge in [-0.1, -0.05) is 13.8 Å². The van der Waals surface area contributed by atoms with Gasteiger partial charge in [0.15, 0.2) is 0 Å². The van der Waals surface area contributed by atoms with Crippen LogP contribution in [0, 0.1) is 5.92 Å². The van der Waals surface area contributed by atoms with Crippen LogP contribution >= 0.6 is 0 Å². The average molecular weight is 237 g/mol. The number of likely N-dealkylation sites (N-methyl/N-ethyl adjacent to an activating group) is 1. The average Bonchev–Trinajstić information content (AvgIpc) is 2.98. The number of furan rings is 1. The van der Waals surface area contributed by atoms with Crippen molar-refractivity contribution in [3.63, 3.8) is 0 Å². The van der Waals surface area contributed by atoms with Crippen LogP contribution < -0.4 is 5.32 Å². The van der Waals surface area contributed by atoms with E-state index >= 15 is 0 Å². The Balaban J connectivity index is 2.00. The molecule has 0 radical (unpaired) electrons. The molecule has 0 amide bonds. The van der Waals surface area contributed by atoms with E-state index in [0.29, 0.717) is 18.1 Å². The summed E-state index contributed by atoms with van der Waals surface area (Å²) in [6.45, 7) is 6.27. The zero-order valence-electron chi connectivity index (χ0n) is 10.8. The summed E-state index contributed by atoms with van der Waals surface area (Å²) in [6, 6.07) is 4.49. The molecule has 3 atom stereocenters.